The SMILES string of the molecule is COc1cccc2c1C(Cl)=NS2(=O)=O. The standard InChI is InChI=1S/C8H6ClNO3S/c1-13-5-3-2-4-6-7(5)8(9)10-14(6,11)12/h2-4H,1H3. The molecule has 0 atom stereocenters. The van der Waals surface area contributed by atoms with Crippen LogP contribution in [-0.2, 0) is 10.0 Å². The summed E-state index contributed by atoms with van der Waals surface area (Å²) >= 11 is 5.70. The molecule has 1 aliphatic heterocycles. The molecule has 74 valence electrons. The first-order valence-corrected chi connectivity index (χ1v) is 5.56. The van der Waals surface area contributed by atoms with E-state index in [1.165, 1.54) is 13.2 Å². The largest absolute Gasteiger partial charge is 0.496 e. The molecule has 4 nitrogen and oxygen atoms in total. The topological polar surface area (TPSA) is 55.7 Å². The number of rotatable bonds is 1. The monoisotopic (exact) mass is 231 g/mol. The molecule has 14 heavy (non-hydrogen) atoms. The smallest absolute Gasteiger partial charge is 0.284 e. The molecule has 0 aromatic heterocycles. The summed E-state index contributed by atoms with van der Waals surface area (Å²) in [6, 6.07) is 4.67. The van der Waals surface area contributed by atoms with Crippen molar-refractivity contribution in [3.05, 3.63) is 23.8 Å². The van der Waals surface area contributed by atoms with Crippen LogP contribution in [-0.4, -0.2) is 20.7 Å². The van der Waals surface area contributed by atoms with Crippen LogP contribution in [0, 0.1) is 0 Å². The molecule has 6 heteroatoms. The molecule has 1 aromatic carbocycles. The van der Waals surface area contributed by atoms with Gasteiger partial charge in [0, 0.05) is 0 Å². The fourth-order valence-electron chi connectivity index (χ4n) is 1.30. The van der Waals surface area contributed by atoms with E-state index >= 15 is 0 Å². The van der Waals surface area contributed by atoms with Gasteiger partial charge in [0.25, 0.3) is 10.0 Å². The van der Waals surface area contributed by atoms with Gasteiger partial charge in [0.1, 0.15) is 10.6 Å². The molecule has 1 heterocycles. The van der Waals surface area contributed by atoms with Crippen molar-refractivity contribution in [3.63, 3.8) is 0 Å². The average molecular weight is 232 g/mol. The Kier molecular flexibility index (Phi) is 2.01. The van der Waals surface area contributed by atoms with E-state index in [0.29, 0.717) is 11.3 Å². The zero-order valence-electron chi connectivity index (χ0n) is 7.19. The Labute approximate surface area is 86.2 Å². The molecule has 0 radical (unpaired) electrons. The van der Waals surface area contributed by atoms with Crippen molar-refractivity contribution in [1.82, 2.24) is 0 Å². The van der Waals surface area contributed by atoms with Crippen LogP contribution in [0.15, 0.2) is 27.5 Å². The van der Waals surface area contributed by atoms with Crippen LogP contribution in [0.5, 0.6) is 5.75 Å². The Hall–Kier alpha value is -1.07. The van der Waals surface area contributed by atoms with Crippen LogP contribution < -0.4 is 4.74 Å². The fraction of sp³-hybridized carbons (Fsp3) is 0.125. The van der Waals surface area contributed by atoms with Gasteiger partial charge in [0.05, 0.1) is 12.7 Å². The lowest BCUT2D eigenvalue weighted by atomic mass is 10.2. The second kappa shape index (κ2) is 2.96. The Morgan fingerprint density at radius 2 is 2.14 bits per heavy atom. The quantitative estimate of drug-likeness (QED) is 0.734. The first-order chi connectivity index (χ1) is 6.56. The van der Waals surface area contributed by atoms with Crippen molar-refractivity contribution >= 4 is 26.8 Å². The van der Waals surface area contributed by atoms with E-state index in [1.807, 2.05) is 0 Å². The van der Waals surface area contributed by atoms with Gasteiger partial charge >= 0.3 is 0 Å². The highest BCUT2D eigenvalue weighted by Gasteiger charge is 2.30. The Morgan fingerprint density at radius 3 is 2.79 bits per heavy atom. The molecule has 0 spiro atoms. The molecule has 0 N–H and O–H groups in total. The molecule has 0 saturated heterocycles. The van der Waals surface area contributed by atoms with Gasteiger partial charge in [0.15, 0.2) is 5.17 Å². The predicted molar refractivity (Wildman–Crippen MR) is 52.6 cm³/mol. The maximum Gasteiger partial charge on any atom is 0.284 e. The highest BCUT2D eigenvalue weighted by Crippen LogP contribution is 2.34. The van der Waals surface area contributed by atoms with Crippen molar-refractivity contribution < 1.29 is 13.2 Å². The van der Waals surface area contributed by atoms with Gasteiger partial charge in [0.2, 0.25) is 0 Å². The minimum Gasteiger partial charge on any atom is -0.496 e. The highest BCUT2D eigenvalue weighted by molar-refractivity contribution is 7.91. The van der Waals surface area contributed by atoms with Crippen molar-refractivity contribution in [2.45, 2.75) is 4.90 Å². The van der Waals surface area contributed by atoms with Gasteiger partial charge in [-0.05, 0) is 12.1 Å². The van der Waals surface area contributed by atoms with Crippen LogP contribution in [0.3, 0.4) is 0 Å². The predicted octanol–water partition coefficient (Wildman–Crippen LogP) is 1.38. The summed E-state index contributed by atoms with van der Waals surface area (Å²) in [5, 5.41) is -0.0440. The zero-order valence-corrected chi connectivity index (χ0v) is 8.76. The third kappa shape index (κ3) is 1.20. The fourth-order valence-corrected chi connectivity index (χ4v) is 2.93. The number of fused-ring (bicyclic) bond motifs is 1. The molecule has 0 unspecified atom stereocenters. The van der Waals surface area contributed by atoms with Gasteiger partial charge in [-0.25, -0.2) is 0 Å². The third-order valence-electron chi connectivity index (χ3n) is 1.89. The minimum absolute atomic E-state index is 0.0440. The molecular formula is C8H6ClNO3S. The number of sulfonamides is 1. The minimum atomic E-state index is -3.61. The molecule has 2 rings (SSSR count). The normalized spacial score (nSPS) is 17.4. The van der Waals surface area contributed by atoms with E-state index < -0.39 is 10.0 Å². The molecular weight excluding hydrogens is 226 g/mol. The third-order valence-corrected chi connectivity index (χ3v) is 3.59. The van der Waals surface area contributed by atoms with Crippen LogP contribution >= 0.6 is 11.6 Å². The number of hydrogen-bond acceptors (Lipinski definition) is 3. The van der Waals surface area contributed by atoms with E-state index in [9.17, 15) is 8.42 Å². The Balaban J connectivity index is 2.82. The lowest BCUT2D eigenvalue weighted by Gasteiger charge is -2.04. The molecule has 0 saturated carbocycles. The second-order valence-corrected chi connectivity index (χ2v) is 4.62. The lowest BCUT2D eigenvalue weighted by molar-refractivity contribution is 0.413. The van der Waals surface area contributed by atoms with Crippen LogP contribution in [0.4, 0.5) is 0 Å². The lowest BCUT2D eigenvalue weighted by Crippen LogP contribution is -1.96. The van der Waals surface area contributed by atoms with Crippen LogP contribution in [0.2, 0.25) is 0 Å². The summed E-state index contributed by atoms with van der Waals surface area (Å²) in [6.07, 6.45) is 0. The van der Waals surface area contributed by atoms with Crippen molar-refractivity contribution in [1.29, 1.82) is 0 Å². The van der Waals surface area contributed by atoms with Gasteiger partial charge in [-0.2, -0.15) is 8.42 Å². The first kappa shape index (κ1) is 9.48. The van der Waals surface area contributed by atoms with Crippen molar-refractivity contribution in [2.75, 3.05) is 7.11 Å². The number of benzene rings is 1. The summed E-state index contributed by atoms with van der Waals surface area (Å²) in [6.45, 7) is 0. The van der Waals surface area contributed by atoms with Crippen LogP contribution in [0.25, 0.3) is 0 Å². The van der Waals surface area contributed by atoms with E-state index in [1.54, 1.807) is 12.1 Å². The summed E-state index contributed by atoms with van der Waals surface area (Å²) < 4.78 is 31.2. The zero-order chi connectivity index (χ0) is 10.3. The second-order valence-electron chi connectivity index (χ2n) is 2.69. The summed E-state index contributed by atoms with van der Waals surface area (Å²) in [5.74, 6) is 0.414. The number of halogens is 1. The van der Waals surface area contributed by atoms with Crippen molar-refractivity contribution in [2.24, 2.45) is 4.40 Å². The molecule has 1 aromatic rings. The summed E-state index contributed by atoms with van der Waals surface area (Å²) in [5.41, 5.74) is 0.344. The number of methoxy groups -OCH3 is 1. The van der Waals surface area contributed by atoms with E-state index in [0.717, 1.165) is 0 Å². The average Bonchev–Trinajstić information content (AvgIpc) is 2.38. The molecule has 0 fully saturated rings. The molecule has 1 aliphatic rings. The van der Waals surface area contributed by atoms with Gasteiger partial charge < -0.3 is 4.74 Å². The summed E-state index contributed by atoms with van der Waals surface area (Å²) in [4.78, 5) is 0.0989. The Morgan fingerprint density at radius 1 is 1.43 bits per heavy atom. The Bertz CT molecular complexity index is 521. The van der Waals surface area contributed by atoms with Gasteiger partial charge in [-0.15, -0.1) is 4.40 Å². The maximum atomic E-state index is 11.4. The van der Waals surface area contributed by atoms with E-state index in [4.69, 9.17) is 16.3 Å². The number of nitrogens with zero attached hydrogens (tertiary/aromatic N) is 1. The first-order valence-electron chi connectivity index (χ1n) is 3.74. The molecule has 0 bridgehead atoms. The number of hydrogen-bond donors (Lipinski definition) is 0. The van der Waals surface area contributed by atoms with Crippen molar-refractivity contribution in [3.8, 4) is 5.75 Å². The summed E-state index contributed by atoms with van der Waals surface area (Å²) in [7, 11) is -2.16. The maximum absolute atomic E-state index is 11.4. The van der Waals surface area contributed by atoms with Gasteiger partial charge in [-0.1, -0.05) is 17.7 Å². The van der Waals surface area contributed by atoms with Gasteiger partial charge in [-0.3, -0.25) is 0 Å². The molecule has 0 amide bonds. The number of ether oxygens (including phenoxy) is 1. The molecule has 0 aliphatic carbocycles. The highest BCUT2D eigenvalue weighted by atomic mass is 35.5. The van der Waals surface area contributed by atoms with Crippen LogP contribution in [0.1, 0.15) is 5.56 Å². The van der Waals surface area contributed by atoms with E-state index in [2.05, 4.69) is 4.40 Å². The van der Waals surface area contributed by atoms with E-state index in [-0.39, 0.29) is 10.1 Å².